The van der Waals surface area contributed by atoms with Crippen LogP contribution in [0.1, 0.15) is 26.2 Å². The van der Waals surface area contributed by atoms with Gasteiger partial charge < -0.3 is 14.8 Å². The topological polar surface area (TPSA) is 30.5 Å². The van der Waals surface area contributed by atoms with E-state index in [4.69, 9.17) is 9.47 Å². The van der Waals surface area contributed by atoms with Crippen molar-refractivity contribution >= 4 is 5.69 Å². The van der Waals surface area contributed by atoms with Crippen LogP contribution in [0, 0.1) is 5.92 Å². The van der Waals surface area contributed by atoms with E-state index in [-0.39, 0.29) is 0 Å². The van der Waals surface area contributed by atoms with E-state index in [0.717, 1.165) is 23.1 Å². The van der Waals surface area contributed by atoms with Gasteiger partial charge in [0.2, 0.25) is 0 Å². The number of anilines is 1. The average molecular weight is 235 g/mol. The highest BCUT2D eigenvalue weighted by molar-refractivity contribution is 5.55. The molecule has 0 aromatic heterocycles. The molecule has 94 valence electrons. The molecule has 2 rings (SSSR count). The molecule has 3 nitrogen and oxygen atoms in total. The lowest BCUT2D eigenvalue weighted by atomic mass is 10.1. The Morgan fingerprint density at radius 1 is 1.12 bits per heavy atom. The quantitative estimate of drug-likeness (QED) is 0.868. The van der Waals surface area contributed by atoms with Crippen LogP contribution in [0.3, 0.4) is 0 Å². The predicted molar refractivity (Wildman–Crippen MR) is 70.0 cm³/mol. The summed E-state index contributed by atoms with van der Waals surface area (Å²) >= 11 is 0. The maximum absolute atomic E-state index is 5.30. The molecule has 1 saturated carbocycles. The number of ether oxygens (including phenoxy) is 2. The molecule has 0 spiro atoms. The molecule has 3 heteroatoms. The van der Waals surface area contributed by atoms with Gasteiger partial charge in [0, 0.05) is 17.8 Å². The molecular formula is C14H21NO2. The Morgan fingerprint density at radius 3 is 2.47 bits per heavy atom. The molecule has 17 heavy (non-hydrogen) atoms. The Morgan fingerprint density at radius 2 is 1.88 bits per heavy atom. The van der Waals surface area contributed by atoms with E-state index in [9.17, 15) is 0 Å². The average Bonchev–Trinajstić information content (AvgIpc) is 2.74. The predicted octanol–water partition coefficient (Wildman–Crippen LogP) is 3.30. The third-order valence-corrected chi connectivity index (χ3v) is 3.45. The number of benzene rings is 1. The van der Waals surface area contributed by atoms with Gasteiger partial charge in [-0.15, -0.1) is 0 Å². The van der Waals surface area contributed by atoms with Crippen molar-refractivity contribution < 1.29 is 9.47 Å². The van der Waals surface area contributed by atoms with Crippen LogP contribution in [0.25, 0.3) is 0 Å². The molecule has 2 unspecified atom stereocenters. The first-order valence-electron chi connectivity index (χ1n) is 6.21. The zero-order chi connectivity index (χ0) is 12.3. The molecule has 1 aromatic rings. The van der Waals surface area contributed by atoms with Crippen molar-refractivity contribution in [2.24, 2.45) is 5.92 Å². The first kappa shape index (κ1) is 12.1. The first-order valence-corrected chi connectivity index (χ1v) is 6.21. The normalized spacial score (nSPS) is 23.5. The highest BCUT2D eigenvalue weighted by atomic mass is 16.5. The van der Waals surface area contributed by atoms with Gasteiger partial charge in [0.25, 0.3) is 0 Å². The van der Waals surface area contributed by atoms with Crippen molar-refractivity contribution in [2.75, 3.05) is 19.5 Å². The van der Waals surface area contributed by atoms with Gasteiger partial charge >= 0.3 is 0 Å². The summed E-state index contributed by atoms with van der Waals surface area (Å²) in [5.74, 6) is 2.40. The number of hydrogen-bond donors (Lipinski definition) is 1. The molecule has 1 aliphatic rings. The summed E-state index contributed by atoms with van der Waals surface area (Å²) in [6.45, 7) is 2.32. The zero-order valence-corrected chi connectivity index (χ0v) is 10.8. The fourth-order valence-corrected chi connectivity index (χ4v) is 2.50. The van der Waals surface area contributed by atoms with Gasteiger partial charge in [-0.25, -0.2) is 0 Å². The van der Waals surface area contributed by atoms with Crippen LogP contribution < -0.4 is 14.8 Å². The van der Waals surface area contributed by atoms with Crippen molar-refractivity contribution in [2.45, 2.75) is 32.2 Å². The number of nitrogens with one attached hydrogen (secondary N) is 1. The number of hydrogen-bond acceptors (Lipinski definition) is 3. The largest absolute Gasteiger partial charge is 0.493 e. The van der Waals surface area contributed by atoms with E-state index in [1.807, 2.05) is 18.2 Å². The highest BCUT2D eigenvalue weighted by Crippen LogP contribution is 2.32. The molecule has 1 aromatic carbocycles. The third-order valence-electron chi connectivity index (χ3n) is 3.45. The smallest absolute Gasteiger partial charge is 0.162 e. The first-order chi connectivity index (χ1) is 8.22. The van der Waals surface area contributed by atoms with E-state index in [2.05, 4.69) is 12.2 Å². The van der Waals surface area contributed by atoms with Crippen LogP contribution in [0.15, 0.2) is 18.2 Å². The summed E-state index contributed by atoms with van der Waals surface area (Å²) in [5, 5.41) is 3.56. The summed E-state index contributed by atoms with van der Waals surface area (Å²) in [5.41, 5.74) is 1.11. The molecular weight excluding hydrogens is 214 g/mol. The fraction of sp³-hybridized carbons (Fsp3) is 0.571. The van der Waals surface area contributed by atoms with Crippen LogP contribution in [-0.4, -0.2) is 20.3 Å². The van der Waals surface area contributed by atoms with Gasteiger partial charge in [-0.3, -0.25) is 0 Å². The number of rotatable bonds is 4. The maximum Gasteiger partial charge on any atom is 0.162 e. The summed E-state index contributed by atoms with van der Waals surface area (Å²) in [7, 11) is 3.32. The summed E-state index contributed by atoms with van der Waals surface area (Å²) in [4.78, 5) is 0. The summed E-state index contributed by atoms with van der Waals surface area (Å²) in [6, 6.07) is 6.59. The maximum atomic E-state index is 5.30. The molecule has 0 saturated heterocycles. The Balaban J connectivity index is 2.06. The lowest BCUT2D eigenvalue weighted by Gasteiger charge is -2.16. The van der Waals surface area contributed by atoms with Crippen LogP contribution in [0.4, 0.5) is 5.69 Å². The van der Waals surface area contributed by atoms with E-state index in [0.29, 0.717) is 6.04 Å². The lowest BCUT2D eigenvalue weighted by Crippen LogP contribution is -2.15. The summed E-state index contributed by atoms with van der Waals surface area (Å²) in [6.07, 6.45) is 3.84. The zero-order valence-electron chi connectivity index (χ0n) is 10.8. The molecule has 1 fully saturated rings. The molecule has 0 radical (unpaired) electrons. The van der Waals surface area contributed by atoms with Gasteiger partial charge in [-0.05, 0) is 37.3 Å². The Hall–Kier alpha value is -1.38. The van der Waals surface area contributed by atoms with Crippen LogP contribution in [0.2, 0.25) is 0 Å². The molecule has 2 atom stereocenters. The molecule has 0 aliphatic heterocycles. The molecule has 0 bridgehead atoms. The van der Waals surface area contributed by atoms with E-state index >= 15 is 0 Å². The molecule has 0 amide bonds. The lowest BCUT2D eigenvalue weighted by molar-refractivity contribution is 0.355. The fourth-order valence-electron chi connectivity index (χ4n) is 2.50. The van der Waals surface area contributed by atoms with E-state index in [1.54, 1.807) is 14.2 Å². The van der Waals surface area contributed by atoms with Crippen molar-refractivity contribution in [1.82, 2.24) is 0 Å². The van der Waals surface area contributed by atoms with Gasteiger partial charge in [0.05, 0.1) is 14.2 Å². The number of methoxy groups -OCH3 is 2. The molecule has 1 N–H and O–H groups in total. The van der Waals surface area contributed by atoms with Crippen LogP contribution in [0.5, 0.6) is 11.5 Å². The highest BCUT2D eigenvalue weighted by Gasteiger charge is 2.21. The second-order valence-electron chi connectivity index (χ2n) is 4.83. The van der Waals surface area contributed by atoms with Gasteiger partial charge in [-0.2, -0.15) is 0 Å². The SMILES string of the molecule is COc1ccc(NC2CCC(C)C2)cc1OC. The van der Waals surface area contributed by atoms with Gasteiger partial charge in [0.15, 0.2) is 11.5 Å². The Bertz CT molecular complexity index is 378. The molecule has 0 heterocycles. The third kappa shape index (κ3) is 2.84. The monoisotopic (exact) mass is 235 g/mol. The Kier molecular flexibility index (Phi) is 3.77. The Labute approximate surface area is 103 Å². The minimum absolute atomic E-state index is 0.600. The van der Waals surface area contributed by atoms with Gasteiger partial charge in [0.1, 0.15) is 0 Å². The van der Waals surface area contributed by atoms with Crippen molar-refractivity contribution in [3.05, 3.63) is 18.2 Å². The van der Waals surface area contributed by atoms with Crippen LogP contribution >= 0.6 is 0 Å². The van der Waals surface area contributed by atoms with Crippen LogP contribution in [-0.2, 0) is 0 Å². The van der Waals surface area contributed by atoms with Crippen molar-refractivity contribution in [3.63, 3.8) is 0 Å². The van der Waals surface area contributed by atoms with Crippen molar-refractivity contribution in [1.29, 1.82) is 0 Å². The minimum atomic E-state index is 0.600. The second kappa shape index (κ2) is 5.30. The molecule has 1 aliphatic carbocycles. The summed E-state index contributed by atoms with van der Waals surface area (Å²) < 4.78 is 10.5. The van der Waals surface area contributed by atoms with E-state index < -0.39 is 0 Å². The second-order valence-corrected chi connectivity index (χ2v) is 4.83. The van der Waals surface area contributed by atoms with Gasteiger partial charge in [-0.1, -0.05) is 6.92 Å². The van der Waals surface area contributed by atoms with Crippen molar-refractivity contribution in [3.8, 4) is 11.5 Å². The standard InChI is InChI=1S/C14H21NO2/c1-10-4-5-11(8-10)15-12-6-7-13(16-2)14(9-12)17-3/h6-7,9-11,15H,4-5,8H2,1-3H3. The van der Waals surface area contributed by atoms with E-state index in [1.165, 1.54) is 19.3 Å². The minimum Gasteiger partial charge on any atom is -0.493 e.